The van der Waals surface area contributed by atoms with Crippen LogP contribution in [0.3, 0.4) is 0 Å². The summed E-state index contributed by atoms with van der Waals surface area (Å²) in [5.41, 5.74) is 2.53. The van der Waals surface area contributed by atoms with E-state index in [0.717, 1.165) is 34.6 Å². The molecule has 8 nitrogen and oxygen atoms in total. The maximum Gasteiger partial charge on any atom is 0.234 e. The number of ether oxygens (including phenoxy) is 2. The van der Waals surface area contributed by atoms with Crippen molar-refractivity contribution in [1.29, 1.82) is 0 Å². The number of rotatable bonds is 9. The number of aromatic nitrogens is 1. The number of nitrogens with one attached hydrogen (secondary N) is 1. The summed E-state index contributed by atoms with van der Waals surface area (Å²) in [7, 11) is 3.25. The van der Waals surface area contributed by atoms with Crippen LogP contribution in [0.15, 0.2) is 58.3 Å². The maximum absolute atomic E-state index is 12.8. The second kappa shape index (κ2) is 11.9. The zero-order chi connectivity index (χ0) is 24.6. The van der Waals surface area contributed by atoms with Gasteiger partial charge in [0.2, 0.25) is 11.8 Å². The van der Waals surface area contributed by atoms with Gasteiger partial charge in [-0.1, -0.05) is 23.9 Å². The van der Waals surface area contributed by atoms with Gasteiger partial charge in [-0.2, -0.15) is 0 Å². The minimum absolute atomic E-state index is 0.0768. The monoisotopic (exact) mass is 512 g/mol. The Morgan fingerprint density at radius 2 is 1.74 bits per heavy atom. The van der Waals surface area contributed by atoms with E-state index >= 15 is 0 Å². The fourth-order valence-corrected chi connectivity index (χ4v) is 5.39. The standard InChI is InChI=1S/C25H28N4O4S2/c1-32-21-7-3-5-18(13-21)26-23(30)17-35-25-27-19(16-34-25)14-24(31)29-11-9-28(10-12-29)20-6-4-8-22(15-20)33-2/h3-8,13,15-16H,9-12,14,17H2,1-2H3,(H,26,30). The lowest BCUT2D eigenvalue weighted by atomic mass is 10.2. The van der Waals surface area contributed by atoms with Gasteiger partial charge in [0.05, 0.1) is 32.1 Å². The summed E-state index contributed by atoms with van der Waals surface area (Å²) in [4.78, 5) is 33.8. The highest BCUT2D eigenvalue weighted by molar-refractivity contribution is 8.01. The molecule has 4 rings (SSSR count). The van der Waals surface area contributed by atoms with Crippen LogP contribution in [-0.4, -0.2) is 67.8 Å². The van der Waals surface area contributed by atoms with Crippen LogP contribution in [0.1, 0.15) is 5.69 Å². The highest BCUT2D eigenvalue weighted by Crippen LogP contribution is 2.25. The third kappa shape index (κ3) is 6.89. The van der Waals surface area contributed by atoms with Crippen LogP contribution >= 0.6 is 23.1 Å². The SMILES string of the molecule is COc1cccc(NC(=O)CSc2nc(CC(=O)N3CCN(c4cccc(OC)c4)CC3)cs2)c1. The van der Waals surface area contributed by atoms with Gasteiger partial charge in [-0.3, -0.25) is 9.59 Å². The van der Waals surface area contributed by atoms with E-state index in [-0.39, 0.29) is 24.0 Å². The predicted octanol–water partition coefficient (Wildman–Crippen LogP) is 3.78. The van der Waals surface area contributed by atoms with E-state index in [2.05, 4.69) is 21.3 Å². The van der Waals surface area contributed by atoms with Gasteiger partial charge in [-0.25, -0.2) is 4.98 Å². The fraction of sp³-hybridized carbons (Fsp3) is 0.320. The molecule has 0 atom stereocenters. The van der Waals surface area contributed by atoms with Crippen molar-refractivity contribution >= 4 is 46.3 Å². The second-order valence-electron chi connectivity index (χ2n) is 7.92. The Kier molecular flexibility index (Phi) is 8.49. The second-order valence-corrected chi connectivity index (χ2v) is 10.0. The van der Waals surface area contributed by atoms with Crippen LogP contribution in [-0.2, 0) is 16.0 Å². The number of piperazine rings is 1. The Hall–Kier alpha value is -3.24. The summed E-state index contributed by atoms with van der Waals surface area (Å²) in [6.07, 6.45) is 0.270. The number of anilines is 2. The molecule has 0 unspecified atom stereocenters. The van der Waals surface area contributed by atoms with Crippen molar-refractivity contribution in [3.8, 4) is 11.5 Å². The first-order valence-corrected chi connectivity index (χ1v) is 13.1. The van der Waals surface area contributed by atoms with Crippen LogP contribution in [0.25, 0.3) is 0 Å². The number of carbonyl (C=O) groups is 2. The number of amides is 2. The molecule has 1 fully saturated rings. The molecule has 184 valence electrons. The highest BCUT2D eigenvalue weighted by Gasteiger charge is 2.22. The van der Waals surface area contributed by atoms with Crippen molar-refractivity contribution in [2.45, 2.75) is 10.8 Å². The summed E-state index contributed by atoms with van der Waals surface area (Å²) in [5, 5.41) is 4.75. The van der Waals surface area contributed by atoms with Crippen molar-refractivity contribution < 1.29 is 19.1 Å². The molecule has 1 aromatic heterocycles. The maximum atomic E-state index is 12.8. The Balaban J connectivity index is 1.22. The first kappa shape index (κ1) is 24.9. The smallest absolute Gasteiger partial charge is 0.234 e. The molecule has 0 bridgehead atoms. The summed E-state index contributed by atoms with van der Waals surface area (Å²) >= 11 is 2.82. The minimum atomic E-state index is -0.120. The lowest BCUT2D eigenvalue weighted by Gasteiger charge is -2.36. The van der Waals surface area contributed by atoms with Gasteiger partial charge in [0, 0.05) is 55.1 Å². The van der Waals surface area contributed by atoms with Gasteiger partial charge >= 0.3 is 0 Å². The summed E-state index contributed by atoms with van der Waals surface area (Å²) in [5.74, 6) is 1.71. The molecule has 3 aromatic rings. The Morgan fingerprint density at radius 3 is 2.49 bits per heavy atom. The van der Waals surface area contributed by atoms with Gasteiger partial charge in [0.15, 0.2) is 4.34 Å². The molecule has 2 heterocycles. The van der Waals surface area contributed by atoms with Crippen molar-refractivity contribution in [2.24, 2.45) is 0 Å². The van der Waals surface area contributed by atoms with Crippen LogP contribution in [0.2, 0.25) is 0 Å². The molecule has 2 aromatic carbocycles. The fourth-order valence-electron chi connectivity index (χ4n) is 3.75. The third-order valence-corrected chi connectivity index (χ3v) is 7.66. The van der Waals surface area contributed by atoms with Crippen LogP contribution in [0, 0.1) is 0 Å². The number of thiazole rings is 1. The molecule has 10 heteroatoms. The number of benzene rings is 2. The normalized spacial score (nSPS) is 13.4. The van der Waals surface area contributed by atoms with E-state index in [0.29, 0.717) is 24.5 Å². The van der Waals surface area contributed by atoms with E-state index in [9.17, 15) is 9.59 Å². The van der Waals surface area contributed by atoms with E-state index < -0.39 is 0 Å². The highest BCUT2D eigenvalue weighted by atomic mass is 32.2. The van der Waals surface area contributed by atoms with Crippen molar-refractivity contribution in [2.75, 3.05) is 56.4 Å². The number of thioether (sulfide) groups is 1. The third-order valence-electron chi connectivity index (χ3n) is 5.59. The Morgan fingerprint density at radius 1 is 1.03 bits per heavy atom. The number of hydrogen-bond acceptors (Lipinski definition) is 8. The Bertz CT molecular complexity index is 1160. The molecule has 35 heavy (non-hydrogen) atoms. The van der Waals surface area contributed by atoms with Crippen LogP contribution < -0.4 is 19.7 Å². The van der Waals surface area contributed by atoms with Gasteiger partial charge in [0.25, 0.3) is 0 Å². The van der Waals surface area contributed by atoms with Gasteiger partial charge in [0.1, 0.15) is 11.5 Å². The van der Waals surface area contributed by atoms with Crippen LogP contribution in [0.4, 0.5) is 11.4 Å². The summed E-state index contributed by atoms with van der Waals surface area (Å²) in [6, 6.07) is 15.2. The molecule has 1 saturated heterocycles. The number of hydrogen-bond donors (Lipinski definition) is 1. The largest absolute Gasteiger partial charge is 0.497 e. The number of carbonyl (C=O) groups excluding carboxylic acids is 2. The molecule has 1 aliphatic rings. The van der Waals surface area contributed by atoms with E-state index in [1.807, 2.05) is 46.7 Å². The molecular weight excluding hydrogens is 484 g/mol. The van der Waals surface area contributed by atoms with E-state index in [1.54, 1.807) is 20.3 Å². The Labute approximate surface area is 213 Å². The summed E-state index contributed by atoms with van der Waals surface area (Å²) < 4.78 is 11.3. The zero-order valence-corrected chi connectivity index (χ0v) is 21.4. The molecule has 0 aliphatic carbocycles. The zero-order valence-electron chi connectivity index (χ0n) is 19.7. The average molecular weight is 513 g/mol. The molecule has 0 saturated carbocycles. The number of methoxy groups -OCH3 is 2. The molecule has 1 aliphatic heterocycles. The van der Waals surface area contributed by atoms with Gasteiger partial charge < -0.3 is 24.6 Å². The summed E-state index contributed by atoms with van der Waals surface area (Å²) in [6.45, 7) is 2.90. The first-order valence-electron chi connectivity index (χ1n) is 11.2. The number of nitrogens with zero attached hydrogens (tertiary/aromatic N) is 3. The minimum Gasteiger partial charge on any atom is -0.497 e. The molecule has 1 N–H and O–H groups in total. The molecule has 0 radical (unpaired) electrons. The topological polar surface area (TPSA) is 84.0 Å². The van der Waals surface area contributed by atoms with E-state index in [1.165, 1.54) is 23.1 Å². The average Bonchev–Trinajstić information content (AvgIpc) is 3.35. The molecular formula is C25H28N4O4S2. The lowest BCUT2D eigenvalue weighted by molar-refractivity contribution is -0.130. The lowest BCUT2D eigenvalue weighted by Crippen LogP contribution is -2.49. The first-order chi connectivity index (χ1) is 17.0. The van der Waals surface area contributed by atoms with Gasteiger partial charge in [-0.05, 0) is 24.3 Å². The molecule has 0 spiro atoms. The predicted molar refractivity (Wildman–Crippen MR) is 140 cm³/mol. The van der Waals surface area contributed by atoms with Crippen molar-refractivity contribution in [3.05, 3.63) is 59.6 Å². The molecule has 2 amide bonds. The van der Waals surface area contributed by atoms with E-state index in [4.69, 9.17) is 9.47 Å². The van der Waals surface area contributed by atoms with Crippen molar-refractivity contribution in [3.63, 3.8) is 0 Å². The van der Waals surface area contributed by atoms with Crippen LogP contribution in [0.5, 0.6) is 11.5 Å². The quantitative estimate of drug-likeness (QED) is 0.437. The van der Waals surface area contributed by atoms with Gasteiger partial charge in [-0.15, -0.1) is 11.3 Å². The van der Waals surface area contributed by atoms with Crippen molar-refractivity contribution in [1.82, 2.24) is 9.88 Å².